The summed E-state index contributed by atoms with van der Waals surface area (Å²) in [7, 11) is 1.45. The zero-order valence-corrected chi connectivity index (χ0v) is 16.5. The maximum atomic E-state index is 13.8. The minimum Gasteiger partial charge on any atom is -0.494 e. The van der Waals surface area contributed by atoms with Gasteiger partial charge >= 0.3 is 0 Å². The van der Waals surface area contributed by atoms with E-state index in [0.29, 0.717) is 18.8 Å². The van der Waals surface area contributed by atoms with Crippen molar-refractivity contribution >= 4 is 5.91 Å². The molecular formula is C22H28FN3O2. The second-order valence-electron chi connectivity index (χ2n) is 7.86. The van der Waals surface area contributed by atoms with E-state index >= 15 is 0 Å². The fourth-order valence-electron chi connectivity index (χ4n) is 4.48. The molecule has 0 bridgehead atoms. The molecule has 150 valence electrons. The highest BCUT2D eigenvalue weighted by Crippen LogP contribution is 2.29. The van der Waals surface area contributed by atoms with Crippen molar-refractivity contribution in [3.05, 3.63) is 47.3 Å². The molecular weight excluding hydrogens is 357 g/mol. The standard InChI is InChI=1S/C22H28FN3O2/c1-28-20-9-7-16(13-19(20)23)8-10-21(27)25-11-4-5-17(15-25)22-24-14-18-6-2-3-12-26(18)22/h7,9,13-14,17H,2-6,8,10-12,15H2,1H3. The van der Waals surface area contributed by atoms with Gasteiger partial charge in [0.05, 0.1) is 7.11 Å². The van der Waals surface area contributed by atoms with Crippen LogP contribution in [0.3, 0.4) is 0 Å². The summed E-state index contributed by atoms with van der Waals surface area (Å²) in [6.45, 7) is 2.60. The van der Waals surface area contributed by atoms with Crippen LogP contribution >= 0.6 is 0 Å². The number of aromatic nitrogens is 2. The van der Waals surface area contributed by atoms with Crippen LogP contribution in [-0.4, -0.2) is 40.6 Å². The Balaban J connectivity index is 1.37. The number of hydrogen-bond acceptors (Lipinski definition) is 3. The molecule has 2 aromatic rings. The molecule has 1 atom stereocenters. The third-order valence-electron chi connectivity index (χ3n) is 6.02. The van der Waals surface area contributed by atoms with Crippen LogP contribution in [-0.2, 0) is 24.2 Å². The van der Waals surface area contributed by atoms with Crippen LogP contribution in [0.25, 0.3) is 0 Å². The van der Waals surface area contributed by atoms with Crippen LogP contribution < -0.4 is 4.74 Å². The molecule has 2 aliphatic rings. The summed E-state index contributed by atoms with van der Waals surface area (Å²) in [4.78, 5) is 19.4. The predicted molar refractivity (Wildman–Crippen MR) is 105 cm³/mol. The lowest BCUT2D eigenvalue weighted by molar-refractivity contribution is -0.132. The largest absolute Gasteiger partial charge is 0.494 e. The fourth-order valence-corrected chi connectivity index (χ4v) is 4.48. The number of benzene rings is 1. The molecule has 5 nitrogen and oxygen atoms in total. The van der Waals surface area contributed by atoms with Crippen LogP contribution in [0, 0.1) is 5.82 Å². The maximum Gasteiger partial charge on any atom is 0.222 e. The van der Waals surface area contributed by atoms with Gasteiger partial charge in [0, 0.05) is 43.9 Å². The lowest BCUT2D eigenvalue weighted by Crippen LogP contribution is -2.40. The molecule has 28 heavy (non-hydrogen) atoms. The van der Waals surface area contributed by atoms with Gasteiger partial charge < -0.3 is 14.2 Å². The van der Waals surface area contributed by atoms with Crippen molar-refractivity contribution < 1.29 is 13.9 Å². The number of piperidine rings is 1. The van der Waals surface area contributed by atoms with Crippen LogP contribution in [0.5, 0.6) is 5.75 Å². The maximum absolute atomic E-state index is 13.8. The first-order valence-corrected chi connectivity index (χ1v) is 10.3. The molecule has 1 aromatic carbocycles. The number of hydrogen-bond donors (Lipinski definition) is 0. The molecule has 1 unspecified atom stereocenters. The summed E-state index contributed by atoms with van der Waals surface area (Å²) >= 11 is 0. The summed E-state index contributed by atoms with van der Waals surface area (Å²) in [6, 6.07) is 4.90. The number of aryl methyl sites for hydroxylation is 2. The molecule has 1 fully saturated rings. The van der Waals surface area contributed by atoms with Crippen molar-refractivity contribution in [2.24, 2.45) is 0 Å². The first-order valence-electron chi connectivity index (χ1n) is 10.3. The second-order valence-corrected chi connectivity index (χ2v) is 7.86. The van der Waals surface area contributed by atoms with Gasteiger partial charge in [-0.15, -0.1) is 0 Å². The monoisotopic (exact) mass is 385 g/mol. The normalized spacial score (nSPS) is 19.4. The first kappa shape index (κ1) is 19.0. The number of likely N-dealkylation sites (tertiary alicyclic amines) is 1. The van der Waals surface area contributed by atoms with Gasteiger partial charge in [-0.25, -0.2) is 9.37 Å². The quantitative estimate of drug-likeness (QED) is 0.788. The van der Waals surface area contributed by atoms with E-state index in [1.165, 1.54) is 31.7 Å². The number of carbonyl (C=O) groups is 1. The Morgan fingerprint density at radius 3 is 3.00 bits per heavy atom. The van der Waals surface area contributed by atoms with Crippen LogP contribution in [0.1, 0.15) is 55.1 Å². The van der Waals surface area contributed by atoms with Crippen LogP contribution in [0.15, 0.2) is 24.4 Å². The molecule has 0 radical (unpaired) electrons. The van der Waals surface area contributed by atoms with Gasteiger partial charge in [0.25, 0.3) is 0 Å². The number of halogens is 1. The first-order chi connectivity index (χ1) is 13.7. The SMILES string of the molecule is COc1ccc(CCC(=O)N2CCCC(c3ncc4n3CCCC4)C2)cc1F. The van der Waals surface area contributed by atoms with E-state index in [1.54, 1.807) is 6.07 Å². The highest BCUT2D eigenvalue weighted by atomic mass is 19.1. The van der Waals surface area contributed by atoms with Gasteiger partial charge in [-0.3, -0.25) is 4.79 Å². The Labute approximate surface area is 165 Å². The van der Waals surface area contributed by atoms with E-state index in [4.69, 9.17) is 9.72 Å². The van der Waals surface area contributed by atoms with E-state index in [2.05, 4.69) is 4.57 Å². The van der Waals surface area contributed by atoms with Gasteiger partial charge in [0.2, 0.25) is 5.91 Å². The molecule has 1 aromatic heterocycles. The van der Waals surface area contributed by atoms with Crippen molar-refractivity contribution in [3.63, 3.8) is 0 Å². The smallest absolute Gasteiger partial charge is 0.222 e. The predicted octanol–water partition coefficient (Wildman–Crippen LogP) is 3.71. The molecule has 3 heterocycles. The van der Waals surface area contributed by atoms with Gasteiger partial charge in [-0.1, -0.05) is 6.07 Å². The topological polar surface area (TPSA) is 47.4 Å². The van der Waals surface area contributed by atoms with Crippen LogP contribution in [0.4, 0.5) is 4.39 Å². The molecule has 0 N–H and O–H groups in total. The zero-order valence-electron chi connectivity index (χ0n) is 16.5. The molecule has 0 spiro atoms. The van der Waals surface area contributed by atoms with Crippen molar-refractivity contribution in [2.75, 3.05) is 20.2 Å². The Morgan fingerprint density at radius 2 is 2.18 bits per heavy atom. The summed E-state index contributed by atoms with van der Waals surface area (Å²) in [6.07, 6.45) is 8.63. The van der Waals surface area contributed by atoms with E-state index in [0.717, 1.165) is 50.3 Å². The Bertz CT molecular complexity index is 848. The van der Waals surface area contributed by atoms with Crippen molar-refractivity contribution in [2.45, 2.75) is 57.4 Å². The summed E-state index contributed by atoms with van der Waals surface area (Å²) in [5, 5.41) is 0. The number of rotatable bonds is 5. The van der Waals surface area contributed by atoms with Crippen molar-refractivity contribution in [3.8, 4) is 5.75 Å². The number of fused-ring (bicyclic) bond motifs is 1. The molecule has 1 saturated heterocycles. The van der Waals surface area contributed by atoms with Gasteiger partial charge in [-0.2, -0.15) is 0 Å². The Hall–Kier alpha value is -2.37. The molecule has 1 amide bonds. The molecule has 2 aliphatic heterocycles. The number of carbonyl (C=O) groups excluding carboxylic acids is 1. The molecule has 4 rings (SSSR count). The molecule has 0 aliphatic carbocycles. The van der Waals surface area contributed by atoms with Gasteiger partial charge in [-0.05, 0) is 56.2 Å². The zero-order chi connectivity index (χ0) is 19.5. The third-order valence-corrected chi connectivity index (χ3v) is 6.02. The average Bonchev–Trinajstić information content (AvgIpc) is 3.16. The summed E-state index contributed by atoms with van der Waals surface area (Å²) in [5.41, 5.74) is 2.16. The lowest BCUT2D eigenvalue weighted by atomic mass is 9.96. The number of nitrogens with zero attached hydrogens (tertiary/aromatic N) is 3. The van der Waals surface area contributed by atoms with Crippen molar-refractivity contribution in [1.82, 2.24) is 14.5 Å². The lowest BCUT2D eigenvalue weighted by Gasteiger charge is -2.33. The summed E-state index contributed by atoms with van der Waals surface area (Å²) in [5.74, 6) is 1.48. The minimum absolute atomic E-state index is 0.145. The van der Waals surface area contributed by atoms with Crippen LogP contribution in [0.2, 0.25) is 0 Å². The van der Waals surface area contributed by atoms with Gasteiger partial charge in [0.1, 0.15) is 5.82 Å². The van der Waals surface area contributed by atoms with Gasteiger partial charge in [0.15, 0.2) is 11.6 Å². The van der Waals surface area contributed by atoms with Crippen molar-refractivity contribution in [1.29, 1.82) is 0 Å². The second kappa shape index (κ2) is 8.33. The highest BCUT2D eigenvalue weighted by Gasteiger charge is 2.28. The number of ether oxygens (including phenoxy) is 1. The van der Waals surface area contributed by atoms with E-state index < -0.39 is 0 Å². The Kier molecular flexibility index (Phi) is 5.64. The number of amides is 1. The van der Waals surface area contributed by atoms with E-state index in [1.807, 2.05) is 17.2 Å². The third kappa shape index (κ3) is 3.91. The van der Waals surface area contributed by atoms with E-state index in [-0.39, 0.29) is 17.5 Å². The molecule has 6 heteroatoms. The summed E-state index contributed by atoms with van der Waals surface area (Å²) < 4.78 is 21.2. The Morgan fingerprint density at radius 1 is 1.29 bits per heavy atom. The average molecular weight is 385 g/mol. The molecule has 0 saturated carbocycles. The highest BCUT2D eigenvalue weighted by molar-refractivity contribution is 5.76. The fraction of sp³-hybridized carbons (Fsp3) is 0.545. The number of methoxy groups -OCH3 is 1. The van der Waals surface area contributed by atoms with E-state index in [9.17, 15) is 9.18 Å². The minimum atomic E-state index is -0.380. The number of imidazole rings is 1.